The molecule has 6 heterocycles. The fourth-order valence-corrected chi connectivity index (χ4v) is 7.32. The van der Waals surface area contributed by atoms with Crippen LogP contribution in [0.5, 0.6) is 0 Å². The van der Waals surface area contributed by atoms with E-state index in [0.717, 1.165) is 49.9 Å². The molecule has 0 aromatic heterocycles. The lowest BCUT2D eigenvalue weighted by atomic mass is 10.1. The van der Waals surface area contributed by atoms with Crippen LogP contribution >= 0.6 is 15.9 Å². The molecule has 0 saturated carbocycles. The van der Waals surface area contributed by atoms with E-state index in [4.69, 9.17) is 27.1 Å². The third-order valence-corrected chi connectivity index (χ3v) is 10.9. The predicted molar refractivity (Wildman–Crippen MR) is 118 cm³/mol. The topological polar surface area (TPSA) is 67.4 Å². The van der Waals surface area contributed by atoms with E-state index in [1.54, 1.807) is 24.3 Å². The van der Waals surface area contributed by atoms with Crippen molar-refractivity contribution >= 4 is 15.9 Å². The van der Waals surface area contributed by atoms with Gasteiger partial charge in [-0.05, 0) is 74.2 Å². The van der Waals surface area contributed by atoms with Crippen LogP contribution in [-0.4, -0.2) is 26.0 Å². The van der Waals surface area contributed by atoms with E-state index >= 15 is 0 Å². The molecule has 6 fully saturated rings. The minimum absolute atomic E-state index is 0.168. The number of nitrogens with one attached hydrogen (secondary N) is 1. The zero-order valence-corrected chi connectivity index (χ0v) is 20.2. The zero-order chi connectivity index (χ0) is 24.3. The molecule has 0 atom stereocenters. The Morgan fingerprint density at radius 1 is 0.600 bits per heavy atom. The SMILES string of the molecule is FC(F)(c1ccc(CCCNCCCc2ccc(C(F)(F)[P+]34OC(O3)O4)cc2)cc1)[P+]12OC(O1)O2. The van der Waals surface area contributed by atoms with Crippen molar-refractivity contribution in [2.75, 3.05) is 13.1 Å². The molecule has 6 aliphatic rings. The summed E-state index contributed by atoms with van der Waals surface area (Å²) in [6.45, 7) is -0.268. The van der Waals surface area contributed by atoms with Gasteiger partial charge in [0.2, 0.25) is 0 Å². The molecule has 0 amide bonds. The summed E-state index contributed by atoms with van der Waals surface area (Å²) in [5.41, 5.74) is -4.94. The van der Waals surface area contributed by atoms with Crippen molar-refractivity contribution in [1.82, 2.24) is 5.32 Å². The minimum atomic E-state index is -3.50. The Bertz CT molecular complexity index is 971. The third kappa shape index (κ3) is 3.93. The van der Waals surface area contributed by atoms with Gasteiger partial charge in [0.1, 0.15) is 0 Å². The van der Waals surface area contributed by atoms with Gasteiger partial charge in [0.05, 0.1) is 11.1 Å². The van der Waals surface area contributed by atoms with Gasteiger partial charge in [-0.3, -0.25) is 0 Å². The first-order chi connectivity index (χ1) is 16.7. The van der Waals surface area contributed by atoms with Crippen LogP contribution in [0, 0.1) is 0 Å². The molecular formula is C22H23F4NO6P2+2. The molecule has 2 aromatic carbocycles. The van der Waals surface area contributed by atoms with E-state index in [9.17, 15) is 17.6 Å². The Morgan fingerprint density at radius 2 is 0.943 bits per heavy atom. The fraction of sp³-hybridized carbons (Fsp3) is 0.455. The maximum atomic E-state index is 14.5. The van der Waals surface area contributed by atoms with Crippen molar-refractivity contribution in [3.63, 3.8) is 0 Å². The van der Waals surface area contributed by atoms with E-state index in [1.807, 2.05) is 0 Å². The standard InChI is InChI=1S/C22H23F4NO6P2/c23-21(24,34-28-19(29-34)30-34)17-9-5-15(6-10-17)3-1-13-27-14-2-4-16-7-11-18(12-8-16)22(25,26)35-31-20(32-35)33-35/h5-12,19-20,27H,1-4,13-14H2/q+2. The molecule has 1 N–H and O–H groups in total. The highest BCUT2D eigenvalue weighted by atomic mass is 31.2. The molecule has 0 unspecified atom stereocenters. The largest absolute Gasteiger partial charge is 0.509 e. The summed E-state index contributed by atoms with van der Waals surface area (Å²) in [6, 6.07) is 12.3. The van der Waals surface area contributed by atoms with Gasteiger partial charge < -0.3 is 5.32 Å². The van der Waals surface area contributed by atoms with Crippen LogP contribution in [0.4, 0.5) is 17.6 Å². The maximum Gasteiger partial charge on any atom is 0.509 e. The number of rotatable bonds is 12. The van der Waals surface area contributed by atoms with E-state index in [0.29, 0.717) is 0 Å². The fourth-order valence-electron chi connectivity index (χ4n) is 4.14. The van der Waals surface area contributed by atoms with Crippen LogP contribution in [0.2, 0.25) is 0 Å². The molecule has 6 saturated heterocycles. The maximum absolute atomic E-state index is 14.5. The Morgan fingerprint density at radius 3 is 1.23 bits per heavy atom. The number of halogens is 4. The van der Waals surface area contributed by atoms with E-state index in [1.165, 1.54) is 24.3 Å². The molecule has 35 heavy (non-hydrogen) atoms. The van der Waals surface area contributed by atoms with Gasteiger partial charge in [0.15, 0.2) is 0 Å². The normalized spacial score (nSPS) is 30.6. The second-order valence-corrected chi connectivity index (χ2v) is 13.0. The summed E-state index contributed by atoms with van der Waals surface area (Å²) in [7, 11) is -7.01. The van der Waals surface area contributed by atoms with Crippen LogP contribution in [0.15, 0.2) is 48.5 Å². The van der Waals surface area contributed by atoms with Crippen molar-refractivity contribution in [2.24, 2.45) is 0 Å². The highest BCUT2D eigenvalue weighted by Crippen LogP contribution is 2.93. The van der Waals surface area contributed by atoms with Gasteiger partial charge in [-0.1, -0.05) is 24.3 Å². The molecule has 6 aliphatic heterocycles. The monoisotopic (exact) mass is 535 g/mol. The first-order valence-corrected chi connectivity index (χ1v) is 14.4. The predicted octanol–water partition coefficient (Wildman–Crippen LogP) is 6.19. The summed E-state index contributed by atoms with van der Waals surface area (Å²) in [6.07, 6.45) is 3.21. The molecule has 0 aliphatic carbocycles. The summed E-state index contributed by atoms with van der Waals surface area (Å²) >= 11 is 0. The molecule has 7 nitrogen and oxygen atoms in total. The quantitative estimate of drug-likeness (QED) is 0.198. The lowest BCUT2D eigenvalue weighted by Gasteiger charge is -2.45. The van der Waals surface area contributed by atoms with Crippen molar-refractivity contribution in [3.8, 4) is 0 Å². The van der Waals surface area contributed by atoms with Crippen molar-refractivity contribution < 1.29 is 44.7 Å². The van der Waals surface area contributed by atoms with Crippen molar-refractivity contribution in [1.29, 1.82) is 0 Å². The summed E-state index contributed by atoms with van der Waals surface area (Å²) < 4.78 is 87.3. The Hall–Kier alpha value is -1.26. The van der Waals surface area contributed by atoms with Crippen LogP contribution in [0.1, 0.15) is 35.1 Å². The van der Waals surface area contributed by atoms with Crippen LogP contribution in [-0.2, 0) is 51.3 Å². The Kier molecular flexibility index (Phi) is 5.96. The van der Waals surface area contributed by atoms with E-state index < -0.39 is 40.2 Å². The van der Waals surface area contributed by atoms with Crippen LogP contribution in [0.3, 0.4) is 0 Å². The van der Waals surface area contributed by atoms with Crippen molar-refractivity contribution in [2.45, 2.75) is 50.0 Å². The van der Waals surface area contributed by atoms with Crippen molar-refractivity contribution in [3.05, 3.63) is 70.8 Å². The number of aryl methyl sites for hydroxylation is 2. The minimum Gasteiger partial charge on any atom is -0.317 e. The van der Waals surface area contributed by atoms with Gasteiger partial charge in [0, 0.05) is 0 Å². The molecule has 4 bridgehead atoms. The van der Waals surface area contributed by atoms with Gasteiger partial charge in [-0.2, -0.15) is 17.6 Å². The van der Waals surface area contributed by atoms with Gasteiger partial charge in [0.25, 0.3) is 0 Å². The highest BCUT2D eigenvalue weighted by Gasteiger charge is 2.92. The molecule has 8 rings (SSSR count). The Balaban J connectivity index is 0.881. The second kappa shape index (κ2) is 8.65. The van der Waals surface area contributed by atoms with Gasteiger partial charge >= 0.3 is 40.2 Å². The Labute approximate surface area is 200 Å². The number of benzene rings is 2. The smallest absolute Gasteiger partial charge is 0.317 e. The lowest BCUT2D eigenvalue weighted by Crippen LogP contribution is -2.52. The van der Waals surface area contributed by atoms with E-state index in [-0.39, 0.29) is 11.1 Å². The van der Waals surface area contributed by atoms with Gasteiger partial charge in [-0.15, -0.1) is 27.1 Å². The summed E-state index contributed by atoms with van der Waals surface area (Å²) in [5, 5.41) is 3.35. The molecule has 0 radical (unpaired) electrons. The zero-order valence-electron chi connectivity index (χ0n) is 18.4. The first kappa shape index (κ1) is 24.1. The van der Waals surface area contributed by atoms with E-state index in [2.05, 4.69) is 5.32 Å². The molecule has 13 heteroatoms. The van der Waals surface area contributed by atoms with Crippen LogP contribution in [0.25, 0.3) is 0 Å². The second-order valence-electron chi connectivity index (χ2n) is 8.64. The average molecular weight is 535 g/mol. The highest BCUT2D eigenvalue weighted by molar-refractivity contribution is 7.65. The molecule has 0 spiro atoms. The summed E-state index contributed by atoms with van der Waals surface area (Å²) in [5.74, 6) is 0. The molecule has 2 aromatic rings. The number of hydrogen-bond acceptors (Lipinski definition) is 7. The lowest BCUT2D eigenvalue weighted by molar-refractivity contribution is -0.350. The van der Waals surface area contributed by atoms with Crippen LogP contribution < -0.4 is 5.32 Å². The summed E-state index contributed by atoms with van der Waals surface area (Å²) in [4.78, 5) is 0. The number of alkyl halides is 4. The average Bonchev–Trinajstić information content (AvgIpc) is 2.68. The molecular weight excluding hydrogens is 512 g/mol. The first-order valence-electron chi connectivity index (χ1n) is 11.3. The molecule has 188 valence electrons. The third-order valence-electron chi connectivity index (χ3n) is 6.28. The van der Waals surface area contributed by atoms with Gasteiger partial charge in [-0.25, -0.2) is 0 Å². The number of hydrogen-bond donors (Lipinski definition) is 1.